The zero-order chi connectivity index (χ0) is 42.3. The van der Waals surface area contributed by atoms with Crippen molar-refractivity contribution in [3.63, 3.8) is 0 Å². The van der Waals surface area contributed by atoms with Gasteiger partial charge in [0.25, 0.3) is 0 Å². The SMILES string of the molecule is Cc1cc(-n2c3ccccc3c3cc(-c4ccccc4)c4c5ccccc5n(-c5ccccc5)c4c32)c2c(oc3ccccc32)c1-c1nc(-c2ccccc2)nc(-c2ccccc2)n1. The number of hydrogen-bond donors (Lipinski definition) is 0. The maximum Gasteiger partial charge on any atom is 0.168 e. The monoisotopic (exact) mass is 819 g/mol. The lowest BCUT2D eigenvalue weighted by Crippen LogP contribution is -2.03. The van der Waals surface area contributed by atoms with Crippen molar-refractivity contribution >= 4 is 65.6 Å². The van der Waals surface area contributed by atoms with Gasteiger partial charge in [0.2, 0.25) is 0 Å². The number of benzene rings is 9. The molecule has 64 heavy (non-hydrogen) atoms. The molecule has 6 heteroatoms. The number of nitrogens with zero attached hydrogens (tertiary/aromatic N) is 5. The highest BCUT2D eigenvalue weighted by molar-refractivity contribution is 6.29. The number of aromatic nitrogens is 5. The Morgan fingerprint density at radius 1 is 0.406 bits per heavy atom. The predicted octanol–water partition coefficient (Wildman–Crippen LogP) is 14.9. The molecular weight excluding hydrogens is 783 g/mol. The molecule has 0 radical (unpaired) electrons. The van der Waals surface area contributed by atoms with E-state index >= 15 is 0 Å². The normalized spacial score (nSPS) is 11.8. The van der Waals surface area contributed by atoms with Crippen LogP contribution in [0.5, 0.6) is 0 Å². The number of para-hydroxylation sites is 4. The predicted molar refractivity (Wildman–Crippen MR) is 262 cm³/mol. The molecule has 4 aromatic heterocycles. The molecule has 0 amide bonds. The molecule has 0 bridgehead atoms. The fourth-order valence-electron chi connectivity index (χ4n) is 9.92. The van der Waals surface area contributed by atoms with Crippen LogP contribution in [-0.4, -0.2) is 24.1 Å². The molecule has 0 aliphatic rings. The van der Waals surface area contributed by atoms with Crippen LogP contribution < -0.4 is 0 Å². The molecule has 0 saturated carbocycles. The number of aryl methyl sites for hydroxylation is 1. The van der Waals surface area contributed by atoms with Crippen LogP contribution in [0.3, 0.4) is 0 Å². The minimum absolute atomic E-state index is 0.558. The van der Waals surface area contributed by atoms with Crippen molar-refractivity contribution in [1.82, 2.24) is 24.1 Å². The summed E-state index contributed by atoms with van der Waals surface area (Å²) in [7, 11) is 0. The summed E-state index contributed by atoms with van der Waals surface area (Å²) in [5.74, 6) is 1.76. The summed E-state index contributed by atoms with van der Waals surface area (Å²) in [6.07, 6.45) is 0. The highest BCUT2D eigenvalue weighted by Crippen LogP contribution is 2.49. The van der Waals surface area contributed by atoms with Gasteiger partial charge in [-0.1, -0.05) is 164 Å². The Hall–Kier alpha value is -8.61. The van der Waals surface area contributed by atoms with Crippen LogP contribution in [0.1, 0.15) is 5.56 Å². The number of rotatable bonds is 6. The number of furan rings is 1. The molecule has 0 aliphatic heterocycles. The van der Waals surface area contributed by atoms with Gasteiger partial charge in [-0.15, -0.1) is 0 Å². The van der Waals surface area contributed by atoms with Gasteiger partial charge < -0.3 is 13.6 Å². The average molecular weight is 820 g/mol. The van der Waals surface area contributed by atoms with E-state index in [0.717, 1.165) is 77.6 Å². The molecule has 13 aromatic rings. The van der Waals surface area contributed by atoms with Gasteiger partial charge in [-0.2, -0.15) is 0 Å². The van der Waals surface area contributed by atoms with Crippen molar-refractivity contribution in [2.24, 2.45) is 0 Å². The van der Waals surface area contributed by atoms with Gasteiger partial charge in [-0.05, 0) is 66.1 Å². The Bertz CT molecular complexity index is 3890. The molecule has 0 unspecified atom stereocenters. The summed E-state index contributed by atoms with van der Waals surface area (Å²) in [6.45, 7) is 2.15. The van der Waals surface area contributed by atoms with Gasteiger partial charge in [0, 0.05) is 43.7 Å². The van der Waals surface area contributed by atoms with Gasteiger partial charge in [0.15, 0.2) is 17.5 Å². The van der Waals surface area contributed by atoms with Gasteiger partial charge in [0.05, 0.1) is 38.7 Å². The molecule has 300 valence electrons. The van der Waals surface area contributed by atoms with Crippen molar-refractivity contribution < 1.29 is 4.42 Å². The summed E-state index contributed by atoms with van der Waals surface area (Å²) in [4.78, 5) is 15.5. The third-order valence-electron chi connectivity index (χ3n) is 12.7. The topological polar surface area (TPSA) is 61.7 Å². The van der Waals surface area contributed by atoms with Crippen LogP contribution >= 0.6 is 0 Å². The maximum absolute atomic E-state index is 7.06. The van der Waals surface area contributed by atoms with Crippen molar-refractivity contribution in [1.29, 1.82) is 0 Å². The first-order chi connectivity index (χ1) is 31.7. The molecular formula is C58H37N5O. The molecule has 0 N–H and O–H groups in total. The van der Waals surface area contributed by atoms with Crippen LogP contribution in [0.2, 0.25) is 0 Å². The zero-order valence-electron chi connectivity index (χ0n) is 34.8. The summed E-state index contributed by atoms with van der Waals surface area (Å²) in [5, 5.41) is 6.74. The molecule has 0 fully saturated rings. The van der Waals surface area contributed by atoms with E-state index < -0.39 is 0 Å². The first-order valence-electron chi connectivity index (χ1n) is 21.6. The second kappa shape index (κ2) is 14.2. The molecule has 13 rings (SSSR count). The van der Waals surface area contributed by atoms with Crippen LogP contribution in [-0.2, 0) is 0 Å². The summed E-state index contributed by atoms with van der Waals surface area (Å²) in [5.41, 5.74) is 14.2. The van der Waals surface area contributed by atoms with E-state index in [-0.39, 0.29) is 0 Å². The quantitative estimate of drug-likeness (QED) is 0.168. The molecule has 0 saturated heterocycles. The van der Waals surface area contributed by atoms with E-state index in [1.54, 1.807) is 0 Å². The van der Waals surface area contributed by atoms with Gasteiger partial charge in [0.1, 0.15) is 11.2 Å². The largest absolute Gasteiger partial charge is 0.455 e. The Balaban J connectivity index is 1.20. The van der Waals surface area contributed by atoms with Crippen LogP contribution in [0.15, 0.2) is 211 Å². The van der Waals surface area contributed by atoms with E-state index in [0.29, 0.717) is 17.5 Å². The van der Waals surface area contributed by atoms with Crippen molar-refractivity contribution in [3.05, 3.63) is 212 Å². The Morgan fingerprint density at radius 3 is 1.58 bits per heavy atom. The molecule has 0 spiro atoms. The van der Waals surface area contributed by atoms with Crippen LogP contribution in [0.4, 0.5) is 0 Å². The highest BCUT2D eigenvalue weighted by atomic mass is 16.3. The van der Waals surface area contributed by atoms with Crippen molar-refractivity contribution in [2.45, 2.75) is 6.92 Å². The first kappa shape index (κ1) is 36.1. The zero-order valence-corrected chi connectivity index (χ0v) is 34.8. The molecule has 4 heterocycles. The summed E-state index contributed by atoms with van der Waals surface area (Å²) in [6, 6.07) is 72.5. The van der Waals surface area contributed by atoms with E-state index in [1.807, 2.05) is 66.7 Å². The van der Waals surface area contributed by atoms with Gasteiger partial charge >= 0.3 is 0 Å². The lowest BCUT2D eigenvalue weighted by atomic mass is 9.96. The fraction of sp³-hybridized carbons (Fsp3) is 0.0172. The van der Waals surface area contributed by atoms with E-state index in [9.17, 15) is 0 Å². The smallest absolute Gasteiger partial charge is 0.168 e. The summed E-state index contributed by atoms with van der Waals surface area (Å²) >= 11 is 0. The van der Waals surface area contributed by atoms with E-state index in [2.05, 4.69) is 156 Å². The Morgan fingerprint density at radius 2 is 0.922 bits per heavy atom. The lowest BCUT2D eigenvalue weighted by molar-refractivity contribution is 0.669. The van der Waals surface area contributed by atoms with Crippen LogP contribution in [0, 0.1) is 6.92 Å². The van der Waals surface area contributed by atoms with Crippen molar-refractivity contribution in [3.8, 4) is 56.7 Å². The Kier molecular flexibility index (Phi) is 8.02. The highest BCUT2D eigenvalue weighted by Gasteiger charge is 2.28. The van der Waals surface area contributed by atoms with E-state index in [1.165, 1.54) is 32.7 Å². The maximum atomic E-state index is 7.06. The number of hydrogen-bond acceptors (Lipinski definition) is 4. The minimum atomic E-state index is 0.558. The van der Waals surface area contributed by atoms with Gasteiger partial charge in [-0.25, -0.2) is 15.0 Å². The van der Waals surface area contributed by atoms with E-state index in [4.69, 9.17) is 19.4 Å². The molecule has 0 atom stereocenters. The second-order valence-corrected chi connectivity index (χ2v) is 16.4. The third kappa shape index (κ3) is 5.42. The lowest BCUT2D eigenvalue weighted by Gasteiger charge is -2.17. The second-order valence-electron chi connectivity index (χ2n) is 16.4. The number of fused-ring (bicyclic) bond motifs is 10. The van der Waals surface area contributed by atoms with Crippen LogP contribution in [0.25, 0.3) is 122 Å². The third-order valence-corrected chi connectivity index (χ3v) is 12.7. The molecule has 6 nitrogen and oxygen atoms in total. The first-order valence-corrected chi connectivity index (χ1v) is 21.6. The standard InChI is InChI=1S/C58H37N5O/c1-36-34-48(52-43-30-16-19-33-49(43)64-55(52)50(36)58-60-56(38-22-8-3-9-23-38)59-57(61-58)39-24-10-4-11-25-39)63-46-31-17-14-28-41(46)45-35-44(37-20-6-2-7-21-37)51-42-29-15-18-32-47(42)62(54(51)53(45)63)40-26-12-5-13-27-40/h2-35H,1H3. The summed E-state index contributed by atoms with van der Waals surface area (Å²) < 4.78 is 12.0. The molecule has 0 aliphatic carbocycles. The Labute approximate surface area is 368 Å². The molecule has 9 aromatic carbocycles. The van der Waals surface area contributed by atoms with Gasteiger partial charge in [-0.3, -0.25) is 0 Å². The van der Waals surface area contributed by atoms with Crippen molar-refractivity contribution in [2.75, 3.05) is 0 Å². The fourth-order valence-corrected chi connectivity index (χ4v) is 9.92. The average Bonchev–Trinajstić information content (AvgIpc) is 4.03. The minimum Gasteiger partial charge on any atom is -0.455 e.